The molecule has 16 heavy (non-hydrogen) atoms. The molecule has 88 valence electrons. The summed E-state index contributed by atoms with van der Waals surface area (Å²) < 4.78 is 4.27. The molecule has 0 aromatic heterocycles. The van der Waals surface area contributed by atoms with Crippen LogP contribution in [0.2, 0.25) is 0 Å². The van der Waals surface area contributed by atoms with E-state index in [4.69, 9.17) is 0 Å². The fourth-order valence-corrected chi connectivity index (χ4v) is 0.763. The number of hydrogen-bond donors (Lipinski definition) is 0. The number of ether oxygens (including phenoxy) is 1. The highest BCUT2D eigenvalue weighted by Gasteiger charge is 1.95. The Morgan fingerprint density at radius 2 is 1.81 bits per heavy atom. The van der Waals surface area contributed by atoms with Gasteiger partial charge in [-0.05, 0) is 12.5 Å². The van der Waals surface area contributed by atoms with Crippen molar-refractivity contribution < 1.29 is 9.53 Å². The van der Waals surface area contributed by atoms with E-state index >= 15 is 0 Å². The number of esters is 1. The lowest BCUT2D eigenvalue weighted by atomic mass is 10.2. The first-order valence-electron chi connectivity index (χ1n) is 4.53. The third kappa shape index (κ3) is 7.56. The molecule has 0 spiro atoms. The molecule has 0 bridgehead atoms. The van der Waals surface area contributed by atoms with E-state index in [0.717, 1.165) is 0 Å². The van der Waals surface area contributed by atoms with E-state index in [1.807, 2.05) is 36.4 Å². The van der Waals surface area contributed by atoms with Gasteiger partial charge in [-0.3, -0.25) is 0 Å². The zero-order chi connectivity index (χ0) is 11.7. The van der Waals surface area contributed by atoms with Crippen LogP contribution in [0.15, 0.2) is 49.1 Å². The molecule has 0 unspecified atom stereocenters. The molecule has 0 N–H and O–H groups in total. The molecule has 0 saturated carbocycles. The zero-order valence-electron chi connectivity index (χ0n) is 9.19. The van der Waals surface area contributed by atoms with Crippen LogP contribution in [0.4, 0.5) is 0 Å². The lowest BCUT2D eigenvalue weighted by molar-refractivity contribution is -0.136. The van der Waals surface area contributed by atoms with Crippen molar-refractivity contribution in [2.45, 2.75) is 14.4 Å². The minimum atomic E-state index is -0.347. The van der Waals surface area contributed by atoms with E-state index < -0.39 is 0 Å². The number of methoxy groups -OCH3 is 1. The summed E-state index contributed by atoms with van der Waals surface area (Å²) in [6, 6.07) is 10.0. The quantitative estimate of drug-likeness (QED) is 0.561. The van der Waals surface area contributed by atoms with Crippen LogP contribution in [0, 0.1) is 0 Å². The molecular formula is C14H20O2. The summed E-state index contributed by atoms with van der Waals surface area (Å²) >= 11 is 0. The highest BCUT2D eigenvalue weighted by atomic mass is 16.5. The predicted molar refractivity (Wildman–Crippen MR) is 70.1 cm³/mol. The minimum Gasteiger partial charge on any atom is -0.466 e. The van der Waals surface area contributed by atoms with Gasteiger partial charge in [0.05, 0.1) is 7.11 Å². The largest absolute Gasteiger partial charge is 0.466 e. The monoisotopic (exact) mass is 220 g/mol. The van der Waals surface area contributed by atoms with Crippen molar-refractivity contribution in [1.29, 1.82) is 0 Å². The van der Waals surface area contributed by atoms with Gasteiger partial charge >= 0.3 is 5.97 Å². The van der Waals surface area contributed by atoms with Crippen LogP contribution in [0.3, 0.4) is 0 Å². The van der Waals surface area contributed by atoms with Gasteiger partial charge in [-0.2, -0.15) is 0 Å². The standard InChI is InChI=1S/C8H8.C5H8O2.CH4/c1-2-8-6-4-3-5-7-8;1-4(2)5(6)7-3;/h2-7H,1H2;1H2,2-3H3;1H4. The van der Waals surface area contributed by atoms with Gasteiger partial charge in [0.2, 0.25) is 0 Å². The first kappa shape index (κ1) is 16.6. The van der Waals surface area contributed by atoms with Crippen molar-refractivity contribution in [3.8, 4) is 0 Å². The summed E-state index contributed by atoms with van der Waals surface area (Å²) in [5.74, 6) is -0.347. The smallest absolute Gasteiger partial charge is 0.332 e. The third-order valence-corrected chi connectivity index (χ3v) is 1.57. The molecule has 1 rings (SSSR count). The normalized spacial score (nSPS) is 7.62. The number of carbonyl (C=O) groups excluding carboxylic acids is 1. The van der Waals surface area contributed by atoms with Crippen molar-refractivity contribution in [1.82, 2.24) is 0 Å². The molecule has 0 aliphatic carbocycles. The van der Waals surface area contributed by atoms with Gasteiger partial charge in [0, 0.05) is 5.57 Å². The SMILES string of the molecule is C.C=C(C)C(=O)OC.C=Cc1ccccc1. The van der Waals surface area contributed by atoms with Crippen LogP contribution in [0.5, 0.6) is 0 Å². The van der Waals surface area contributed by atoms with Crippen LogP contribution >= 0.6 is 0 Å². The molecule has 0 radical (unpaired) electrons. The van der Waals surface area contributed by atoms with Crippen molar-refractivity contribution in [3.05, 3.63) is 54.6 Å². The highest BCUT2D eigenvalue weighted by molar-refractivity contribution is 5.86. The molecule has 0 aliphatic heterocycles. The maximum Gasteiger partial charge on any atom is 0.332 e. The first-order valence-corrected chi connectivity index (χ1v) is 4.53. The average molecular weight is 220 g/mol. The Morgan fingerprint density at radius 1 is 1.31 bits per heavy atom. The summed E-state index contributed by atoms with van der Waals surface area (Å²) in [6.07, 6.45) is 1.83. The molecule has 0 amide bonds. The average Bonchev–Trinajstić information content (AvgIpc) is 2.29. The molecule has 0 atom stereocenters. The highest BCUT2D eigenvalue weighted by Crippen LogP contribution is 1.97. The lowest BCUT2D eigenvalue weighted by Crippen LogP contribution is -1.98. The predicted octanol–water partition coefficient (Wildman–Crippen LogP) is 3.70. The Balaban J connectivity index is 0. The summed E-state index contributed by atoms with van der Waals surface area (Å²) in [6.45, 7) is 8.59. The van der Waals surface area contributed by atoms with E-state index in [-0.39, 0.29) is 13.4 Å². The van der Waals surface area contributed by atoms with Crippen LogP contribution in [-0.4, -0.2) is 13.1 Å². The molecule has 2 heteroatoms. The van der Waals surface area contributed by atoms with Gasteiger partial charge in [0.1, 0.15) is 0 Å². The summed E-state index contributed by atoms with van der Waals surface area (Å²) in [7, 11) is 1.33. The number of hydrogen-bond acceptors (Lipinski definition) is 2. The number of rotatable bonds is 2. The number of carbonyl (C=O) groups is 1. The van der Waals surface area contributed by atoms with E-state index in [1.165, 1.54) is 12.7 Å². The molecule has 0 saturated heterocycles. The van der Waals surface area contributed by atoms with Crippen molar-refractivity contribution in [2.75, 3.05) is 7.11 Å². The Hall–Kier alpha value is -1.83. The van der Waals surface area contributed by atoms with Gasteiger partial charge in [-0.25, -0.2) is 4.79 Å². The van der Waals surface area contributed by atoms with E-state index in [1.54, 1.807) is 6.92 Å². The Bertz CT molecular complexity index is 326. The van der Waals surface area contributed by atoms with Crippen LogP contribution in [0.1, 0.15) is 19.9 Å². The molecule has 1 aromatic carbocycles. The second-order valence-corrected chi connectivity index (χ2v) is 2.89. The van der Waals surface area contributed by atoms with Gasteiger partial charge in [-0.15, -0.1) is 0 Å². The fourth-order valence-electron chi connectivity index (χ4n) is 0.763. The molecule has 1 aromatic rings. The summed E-state index contributed by atoms with van der Waals surface area (Å²) in [5, 5.41) is 0. The first-order chi connectivity index (χ1) is 7.11. The van der Waals surface area contributed by atoms with E-state index in [2.05, 4.69) is 17.9 Å². The van der Waals surface area contributed by atoms with Gasteiger partial charge < -0.3 is 4.74 Å². The van der Waals surface area contributed by atoms with E-state index in [0.29, 0.717) is 5.57 Å². The molecule has 2 nitrogen and oxygen atoms in total. The third-order valence-electron chi connectivity index (χ3n) is 1.57. The Morgan fingerprint density at radius 3 is 2.00 bits per heavy atom. The van der Waals surface area contributed by atoms with Crippen LogP contribution in [0.25, 0.3) is 6.08 Å². The molecular weight excluding hydrogens is 200 g/mol. The van der Waals surface area contributed by atoms with Gasteiger partial charge in [0.15, 0.2) is 0 Å². The second kappa shape index (κ2) is 9.71. The molecule has 0 heterocycles. The second-order valence-electron chi connectivity index (χ2n) is 2.89. The minimum absolute atomic E-state index is 0. The fraction of sp³-hybridized carbons (Fsp3) is 0.214. The Labute approximate surface area is 98.3 Å². The van der Waals surface area contributed by atoms with E-state index in [9.17, 15) is 4.79 Å². The maximum atomic E-state index is 10.2. The summed E-state index contributed by atoms with van der Waals surface area (Å²) in [5.41, 5.74) is 1.61. The maximum absolute atomic E-state index is 10.2. The zero-order valence-corrected chi connectivity index (χ0v) is 9.19. The molecule has 0 fully saturated rings. The van der Waals surface area contributed by atoms with Crippen molar-refractivity contribution in [3.63, 3.8) is 0 Å². The van der Waals surface area contributed by atoms with Gasteiger partial charge in [-0.1, -0.05) is 57.0 Å². The lowest BCUT2D eigenvalue weighted by Gasteiger charge is -1.91. The van der Waals surface area contributed by atoms with Crippen LogP contribution in [-0.2, 0) is 9.53 Å². The number of benzene rings is 1. The van der Waals surface area contributed by atoms with Gasteiger partial charge in [0.25, 0.3) is 0 Å². The molecule has 0 aliphatic rings. The van der Waals surface area contributed by atoms with Crippen molar-refractivity contribution >= 4 is 12.0 Å². The summed E-state index contributed by atoms with van der Waals surface area (Å²) in [4.78, 5) is 10.2. The van der Waals surface area contributed by atoms with Crippen LogP contribution < -0.4 is 0 Å². The van der Waals surface area contributed by atoms with Crippen molar-refractivity contribution in [2.24, 2.45) is 0 Å². The Kier molecular flexibility index (Phi) is 10.1. The topological polar surface area (TPSA) is 26.3 Å².